The first-order chi connectivity index (χ1) is 13.1. The van der Waals surface area contributed by atoms with E-state index in [0.717, 1.165) is 28.3 Å². The van der Waals surface area contributed by atoms with Crippen LogP contribution in [-0.4, -0.2) is 30.8 Å². The molecule has 0 radical (unpaired) electrons. The van der Waals surface area contributed by atoms with Crippen molar-refractivity contribution in [3.63, 3.8) is 0 Å². The van der Waals surface area contributed by atoms with Crippen LogP contribution in [0.1, 0.15) is 37.3 Å². The molecule has 2 aromatic carbocycles. The second-order valence-corrected chi connectivity index (χ2v) is 6.39. The molecule has 3 rings (SSSR count). The predicted octanol–water partition coefficient (Wildman–Crippen LogP) is 4.05. The van der Waals surface area contributed by atoms with Crippen molar-refractivity contribution in [2.24, 2.45) is 0 Å². The highest BCUT2D eigenvalue weighted by Gasteiger charge is 2.24. The molecular formula is C21H25NO5. The zero-order valence-corrected chi connectivity index (χ0v) is 15.7. The average Bonchev–Trinajstić information content (AvgIpc) is 3.02. The second kappa shape index (κ2) is 8.66. The topological polar surface area (TPSA) is 77.0 Å². The third-order valence-corrected chi connectivity index (χ3v) is 4.39. The molecular weight excluding hydrogens is 346 g/mol. The summed E-state index contributed by atoms with van der Waals surface area (Å²) in [7, 11) is 0. The van der Waals surface area contributed by atoms with E-state index in [2.05, 4.69) is 5.32 Å². The Kier molecular flexibility index (Phi) is 6.06. The second-order valence-electron chi connectivity index (χ2n) is 6.39. The van der Waals surface area contributed by atoms with Gasteiger partial charge >= 0.3 is 5.97 Å². The number of hydrogen-bond donors (Lipinski definition) is 2. The Morgan fingerprint density at radius 2 is 1.74 bits per heavy atom. The van der Waals surface area contributed by atoms with Gasteiger partial charge in [0.25, 0.3) is 0 Å². The zero-order valence-electron chi connectivity index (χ0n) is 15.7. The maximum Gasteiger partial charge on any atom is 0.304 e. The molecule has 144 valence electrons. The molecule has 2 N–H and O–H groups in total. The molecule has 0 saturated heterocycles. The van der Waals surface area contributed by atoms with Crippen molar-refractivity contribution in [1.82, 2.24) is 0 Å². The molecule has 1 unspecified atom stereocenters. The Labute approximate surface area is 159 Å². The molecule has 0 bridgehead atoms. The van der Waals surface area contributed by atoms with Crippen molar-refractivity contribution in [3.8, 4) is 17.2 Å². The molecule has 6 heteroatoms. The van der Waals surface area contributed by atoms with E-state index in [0.29, 0.717) is 32.1 Å². The first-order valence-electron chi connectivity index (χ1n) is 9.21. The van der Waals surface area contributed by atoms with Crippen molar-refractivity contribution in [3.05, 3.63) is 47.5 Å². The van der Waals surface area contributed by atoms with Gasteiger partial charge in [0.2, 0.25) is 0 Å². The maximum atomic E-state index is 11.0. The van der Waals surface area contributed by atoms with Crippen LogP contribution >= 0.6 is 0 Å². The fourth-order valence-electron chi connectivity index (χ4n) is 3.25. The zero-order chi connectivity index (χ0) is 19.2. The third-order valence-electron chi connectivity index (χ3n) is 4.39. The number of hydrogen-bond acceptors (Lipinski definition) is 5. The smallest absolute Gasteiger partial charge is 0.304 e. The number of benzene rings is 2. The summed E-state index contributed by atoms with van der Waals surface area (Å²) in [4.78, 5) is 11.0. The fourth-order valence-corrected chi connectivity index (χ4v) is 3.25. The van der Waals surface area contributed by atoms with E-state index in [4.69, 9.17) is 19.3 Å². The Bertz CT molecular complexity index is 781. The fraction of sp³-hybridized carbons (Fsp3) is 0.381. The summed E-state index contributed by atoms with van der Waals surface area (Å²) >= 11 is 0. The molecule has 2 aromatic rings. The summed E-state index contributed by atoms with van der Waals surface area (Å²) in [6.07, 6.45) is 0.109. The largest absolute Gasteiger partial charge is 0.494 e. The van der Waals surface area contributed by atoms with Crippen LogP contribution in [0.3, 0.4) is 0 Å². The summed E-state index contributed by atoms with van der Waals surface area (Å²) in [5, 5.41) is 12.3. The predicted molar refractivity (Wildman–Crippen MR) is 103 cm³/mol. The quantitative estimate of drug-likeness (QED) is 0.693. The summed E-state index contributed by atoms with van der Waals surface area (Å²) in [6.45, 7) is 6.05. The van der Waals surface area contributed by atoms with Gasteiger partial charge in [0.15, 0.2) is 0 Å². The van der Waals surface area contributed by atoms with Crippen LogP contribution in [0.2, 0.25) is 0 Å². The van der Waals surface area contributed by atoms with Crippen molar-refractivity contribution in [2.75, 3.05) is 25.1 Å². The minimum Gasteiger partial charge on any atom is -0.494 e. The SMILES string of the molecule is CCOc1cc(COc2ccc3c(c2)C(CC(=O)O)CN3)cc(OCC)c1. The lowest BCUT2D eigenvalue weighted by Gasteiger charge is -2.13. The molecule has 0 amide bonds. The van der Waals surface area contributed by atoms with E-state index < -0.39 is 5.97 Å². The first kappa shape index (κ1) is 18.9. The number of aliphatic carboxylic acids is 1. The monoisotopic (exact) mass is 371 g/mol. The summed E-state index contributed by atoms with van der Waals surface area (Å²) in [5.41, 5.74) is 2.92. The van der Waals surface area contributed by atoms with Gasteiger partial charge in [0, 0.05) is 24.2 Å². The lowest BCUT2D eigenvalue weighted by atomic mass is 9.98. The highest BCUT2D eigenvalue weighted by molar-refractivity contribution is 5.71. The molecule has 0 saturated carbocycles. The van der Waals surface area contributed by atoms with Gasteiger partial charge in [0.1, 0.15) is 23.9 Å². The minimum absolute atomic E-state index is 0.0353. The van der Waals surface area contributed by atoms with Crippen molar-refractivity contribution in [1.29, 1.82) is 0 Å². The molecule has 1 atom stereocenters. The standard InChI is InChI=1S/C21H25NO5/c1-3-25-17-7-14(8-18(10-17)26-4-2)13-27-16-5-6-20-19(11-16)15(12-22-20)9-21(23)24/h5-8,10-11,15,22H,3-4,9,12-13H2,1-2H3,(H,23,24). The van der Waals surface area contributed by atoms with Crippen LogP contribution in [0.25, 0.3) is 0 Å². The van der Waals surface area contributed by atoms with Crippen LogP contribution in [0.5, 0.6) is 17.2 Å². The molecule has 0 spiro atoms. The number of carboxylic acids is 1. The van der Waals surface area contributed by atoms with Gasteiger partial charge in [0.05, 0.1) is 19.6 Å². The van der Waals surface area contributed by atoms with E-state index in [1.54, 1.807) is 0 Å². The van der Waals surface area contributed by atoms with Crippen LogP contribution in [-0.2, 0) is 11.4 Å². The van der Waals surface area contributed by atoms with Gasteiger partial charge in [-0.3, -0.25) is 4.79 Å². The van der Waals surface area contributed by atoms with E-state index >= 15 is 0 Å². The Hall–Kier alpha value is -2.89. The van der Waals surface area contributed by atoms with E-state index in [-0.39, 0.29) is 12.3 Å². The van der Waals surface area contributed by atoms with Gasteiger partial charge in [-0.25, -0.2) is 0 Å². The van der Waals surface area contributed by atoms with E-state index in [1.807, 2.05) is 50.2 Å². The number of rotatable bonds is 9. The molecule has 0 fully saturated rings. The van der Waals surface area contributed by atoms with Crippen molar-refractivity contribution in [2.45, 2.75) is 32.8 Å². The van der Waals surface area contributed by atoms with Gasteiger partial charge in [-0.15, -0.1) is 0 Å². The summed E-state index contributed by atoms with van der Waals surface area (Å²) < 4.78 is 17.1. The van der Waals surface area contributed by atoms with Crippen molar-refractivity contribution < 1.29 is 24.1 Å². The van der Waals surface area contributed by atoms with Crippen LogP contribution in [0, 0.1) is 0 Å². The number of fused-ring (bicyclic) bond motifs is 1. The Morgan fingerprint density at radius 1 is 1.04 bits per heavy atom. The maximum absolute atomic E-state index is 11.0. The number of carboxylic acid groups (broad SMARTS) is 1. The number of anilines is 1. The van der Waals surface area contributed by atoms with Gasteiger partial charge in [-0.1, -0.05) is 0 Å². The van der Waals surface area contributed by atoms with Gasteiger partial charge in [-0.2, -0.15) is 0 Å². The van der Waals surface area contributed by atoms with Crippen LogP contribution in [0.15, 0.2) is 36.4 Å². The molecule has 0 aromatic heterocycles. The molecule has 0 aliphatic carbocycles. The van der Waals surface area contributed by atoms with Crippen LogP contribution < -0.4 is 19.5 Å². The van der Waals surface area contributed by atoms with E-state index in [1.165, 1.54) is 0 Å². The summed E-state index contributed by atoms with van der Waals surface area (Å²) in [5.74, 6) is 1.39. The van der Waals surface area contributed by atoms with Crippen molar-refractivity contribution >= 4 is 11.7 Å². The molecule has 1 aliphatic rings. The van der Waals surface area contributed by atoms with Crippen LogP contribution in [0.4, 0.5) is 5.69 Å². The first-order valence-corrected chi connectivity index (χ1v) is 9.21. The Balaban J connectivity index is 1.72. The lowest BCUT2D eigenvalue weighted by Crippen LogP contribution is -2.08. The highest BCUT2D eigenvalue weighted by Crippen LogP contribution is 2.36. The normalized spacial score (nSPS) is 15.0. The molecule has 1 heterocycles. The molecule has 6 nitrogen and oxygen atoms in total. The van der Waals surface area contributed by atoms with Gasteiger partial charge < -0.3 is 24.6 Å². The summed E-state index contributed by atoms with van der Waals surface area (Å²) in [6, 6.07) is 11.5. The Morgan fingerprint density at radius 3 is 2.37 bits per heavy atom. The number of ether oxygens (including phenoxy) is 3. The third kappa shape index (κ3) is 4.84. The average molecular weight is 371 g/mol. The highest BCUT2D eigenvalue weighted by atomic mass is 16.5. The lowest BCUT2D eigenvalue weighted by molar-refractivity contribution is -0.137. The number of carbonyl (C=O) groups is 1. The number of nitrogens with one attached hydrogen (secondary N) is 1. The molecule has 27 heavy (non-hydrogen) atoms. The molecule has 1 aliphatic heterocycles. The minimum atomic E-state index is -0.794. The van der Waals surface area contributed by atoms with Gasteiger partial charge in [-0.05, 0) is 55.3 Å². The van der Waals surface area contributed by atoms with E-state index in [9.17, 15) is 4.79 Å².